The molecule has 0 radical (unpaired) electrons. The van der Waals surface area contributed by atoms with Gasteiger partial charge in [0.25, 0.3) is 0 Å². The van der Waals surface area contributed by atoms with E-state index in [-0.39, 0.29) is 6.10 Å². The van der Waals surface area contributed by atoms with Crippen LogP contribution in [0.25, 0.3) is 0 Å². The van der Waals surface area contributed by atoms with E-state index in [1.54, 1.807) is 6.07 Å². The Balaban J connectivity index is 1.11. The molecule has 4 nitrogen and oxygen atoms in total. The minimum atomic E-state index is 0.215. The van der Waals surface area contributed by atoms with E-state index < -0.39 is 0 Å². The van der Waals surface area contributed by atoms with Crippen molar-refractivity contribution in [3.8, 4) is 5.75 Å². The zero-order valence-electron chi connectivity index (χ0n) is 17.8. The molecule has 0 spiro atoms. The highest BCUT2D eigenvalue weighted by Gasteiger charge is 2.29. The number of carbonyl (C=O) groups excluding carboxylic acids is 1. The summed E-state index contributed by atoms with van der Waals surface area (Å²) >= 11 is 12.3. The van der Waals surface area contributed by atoms with Gasteiger partial charge >= 0.3 is 0 Å². The lowest BCUT2D eigenvalue weighted by Gasteiger charge is -2.35. The first-order valence-electron chi connectivity index (χ1n) is 11.7. The number of carbonyl (C=O) groups is 1. The predicted molar refractivity (Wildman–Crippen MR) is 122 cm³/mol. The van der Waals surface area contributed by atoms with Gasteiger partial charge in [-0.1, -0.05) is 35.7 Å². The molecule has 6 heteroatoms. The zero-order chi connectivity index (χ0) is 20.9. The summed E-state index contributed by atoms with van der Waals surface area (Å²) in [5, 5.41) is 4.36. The molecule has 1 N–H and O–H groups in total. The third-order valence-electron chi connectivity index (χ3n) is 7.27. The van der Waals surface area contributed by atoms with Crippen LogP contribution in [0.2, 0.25) is 10.0 Å². The van der Waals surface area contributed by atoms with Gasteiger partial charge < -0.3 is 15.0 Å². The van der Waals surface area contributed by atoms with Crippen molar-refractivity contribution in [1.82, 2.24) is 10.2 Å². The molecule has 3 fully saturated rings. The average molecular weight is 453 g/mol. The molecule has 1 heterocycles. The second-order valence-corrected chi connectivity index (χ2v) is 10.1. The van der Waals surface area contributed by atoms with Gasteiger partial charge in [-0.2, -0.15) is 0 Å². The molecule has 0 unspecified atom stereocenters. The number of halogens is 2. The van der Waals surface area contributed by atoms with Gasteiger partial charge in [-0.3, -0.25) is 4.79 Å². The number of rotatable bonds is 7. The number of benzene rings is 1. The lowest BCUT2D eigenvalue weighted by Crippen LogP contribution is -2.43. The van der Waals surface area contributed by atoms with E-state index in [0.717, 1.165) is 57.5 Å². The van der Waals surface area contributed by atoms with Crippen molar-refractivity contribution >= 4 is 29.1 Å². The van der Waals surface area contributed by atoms with Crippen molar-refractivity contribution in [2.24, 2.45) is 11.8 Å². The Morgan fingerprint density at radius 1 is 1.03 bits per heavy atom. The maximum Gasteiger partial charge on any atom is 0.223 e. The second kappa shape index (κ2) is 10.6. The fourth-order valence-corrected chi connectivity index (χ4v) is 5.29. The summed E-state index contributed by atoms with van der Waals surface area (Å²) < 4.78 is 6.10. The van der Waals surface area contributed by atoms with Crippen LogP contribution in [0.15, 0.2) is 18.2 Å². The molecular weight excluding hydrogens is 419 g/mol. The molecule has 1 aliphatic heterocycles. The van der Waals surface area contributed by atoms with Crippen LogP contribution in [0.4, 0.5) is 0 Å². The molecule has 2 saturated carbocycles. The Morgan fingerprint density at radius 2 is 1.77 bits per heavy atom. The molecule has 3 aliphatic rings. The highest BCUT2D eigenvalue weighted by atomic mass is 35.5. The van der Waals surface area contributed by atoms with Crippen LogP contribution in [-0.2, 0) is 4.79 Å². The molecule has 166 valence electrons. The van der Waals surface area contributed by atoms with E-state index in [1.165, 1.54) is 32.2 Å². The SMILES string of the molecule is O=C(N[C@H]1CC[C@H](CCN2CCC(Oc3cccc(Cl)c3Cl)CC2)CC1)C1CCC1. The van der Waals surface area contributed by atoms with E-state index in [2.05, 4.69) is 10.2 Å². The quantitative estimate of drug-likeness (QED) is 0.576. The number of amides is 1. The van der Waals surface area contributed by atoms with Gasteiger partial charge in [0, 0.05) is 25.0 Å². The lowest BCUT2D eigenvalue weighted by atomic mass is 9.82. The highest BCUT2D eigenvalue weighted by Crippen LogP contribution is 2.34. The maximum absolute atomic E-state index is 12.1. The summed E-state index contributed by atoms with van der Waals surface area (Å²) in [5.74, 6) is 2.13. The molecule has 0 bridgehead atoms. The number of likely N-dealkylation sites (tertiary alicyclic amines) is 1. The number of hydrogen-bond acceptors (Lipinski definition) is 3. The van der Waals surface area contributed by atoms with Crippen LogP contribution in [0.3, 0.4) is 0 Å². The third-order valence-corrected chi connectivity index (χ3v) is 8.07. The largest absolute Gasteiger partial charge is 0.489 e. The number of nitrogens with one attached hydrogen (secondary N) is 1. The Kier molecular flexibility index (Phi) is 7.83. The maximum atomic E-state index is 12.1. The van der Waals surface area contributed by atoms with Crippen LogP contribution in [0.5, 0.6) is 5.75 Å². The van der Waals surface area contributed by atoms with Crippen molar-refractivity contribution in [3.05, 3.63) is 28.2 Å². The number of ether oxygens (including phenoxy) is 1. The first-order chi connectivity index (χ1) is 14.6. The molecule has 1 amide bonds. The van der Waals surface area contributed by atoms with Crippen molar-refractivity contribution in [2.45, 2.75) is 76.4 Å². The fourth-order valence-electron chi connectivity index (χ4n) is 4.96. The van der Waals surface area contributed by atoms with Gasteiger partial charge in [-0.05, 0) is 82.4 Å². The Bertz CT molecular complexity index is 709. The minimum Gasteiger partial charge on any atom is -0.489 e. The topological polar surface area (TPSA) is 41.6 Å². The Morgan fingerprint density at radius 3 is 2.43 bits per heavy atom. The number of piperidine rings is 1. The van der Waals surface area contributed by atoms with Gasteiger partial charge in [-0.15, -0.1) is 0 Å². The monoisotopic (exact) mass is 452 g/mol. The Hall–Kier alpha value is -0.970. The summed E-state index contributed by atoms with van der Waals surface area (Å²) in [6, 6.07) is 5.98. The number of nitrogens with zero attached hydrogens (tertiary/aromatic N) is 1. The molecule has 1 aromatic carbocycles. The van der Waals surface area contributed by atoms with E-state index >= 15 is 0 Å². The van der Waals surface area contributed by atoms with Crippen LogP contribution in [-0.4, -0.2) is 42.6 Å². The molecule has 4 rings (SSSR count). The van der Waals surface area contributed by atoms with Gasteiger partial charge in [-0.25, -0.2) is 0 Å². The highest BCUT2D eigenvalue weighted by molar-refractivity contribution is 6.42. The standard InChI is InChI=1S/C24H34Cl2N2O2/c25-21-5-2-6-22(23(21)26)30-20-12-15-28(16-13-20)14-11-17-7-9-19(10-8-17)27-24(29)18-3-1-4-18/h2,5-6,17-20H,1,3-4,7-16H2,(H,27,29)/t17-,19-. The van der Waals surface area contributed by atoms with Crippen molar-refractivity contribution in [1.29, 1.82) is 0 Å². The molecule has 1 saturated heterocycles. The van der Waals surface area contributed by atoms with E-state index in [1.807, 2.05) is 12.1 Å². The van der Waals surface area contributed by atoms with Crippen LogP contribution in [0, 0.1) is 11.8 Å². The van der Waals surface area contributed by atoms with Crippen LogP contribution >= 0.6 is 23.2 Å². The first-order valence-corrected chi connectivity index (χ1v) is 12.5. The van der Waals surface area contributed by atoms with Gasteiger partial charge in [0.05, 0.1) is 5.02 Å². The summed E-state index contributed by atoms with van der Waals surface area (Å²) in [6.07, 6.45) is 11.8. The normalized spacial score (nSPS) is 26.2. The van der Waals surface area contributed by atoms with Crippen LogP contribution < -0.4 is 10.1 Å². The summed E-state index contributed by atoms with van der Waals surface area (Å²) in [7, 11) is 0. The molecule has 0 aromatic heterocycles. The molecule has 0 atom stereocenters. The molecule has 2 aliphatic carbocycles. The molecule has 1 aromatic rings. The minimum absolute atomic E-state index is 0.215. The molecule has 30 heavy (non-hydrogen) atoms. The summed E-state index contributed by atoms with van der Waals surface area (Å²) in [4.78, 5) is 14.7. The predicted octanol–water partition coefficient (Wildman–Crippen LogP) is 5.70. The van der Waals surface area contributed by atoms with Gasteiger partial charge in [0.2, 0.25) is 5.91 Å². The van der Waals surface area contributed by atoms with Gasteiger partial charge in [0.15, 0.2) is 0 Å². The summed E-state index contributed by atoms with van der Waals surface area (Å²) in [6.45, 7) is 3.33. The van der Waals surface area contributed by atoms with Crippen molar-refractivity contribution in [3.63, 3.8) is 0 Å². The smallest absolute Gasteiger partial charge is 0.223 e. The van der Waals surface area contributed by atoms with E-state index in [4.69, 9.17) is 27.9 Å². The summed E-state index contributed by atoms with van der Waals surface area (Å²) in [5.41, 5.74) is 0. The van der Waals surface area contributed by atoms with Gasteiger partial charge in [0.1, 0.15) is 16.9 Å². The third kappa shape index (κ3) is 5.83. The lowest BCUT2D eigenvalue weighted by molar-refractivity contribution is -0.128. The fraction of sp³-hybridized carbons (Fsp3) is 0.708. The van der Waals surface area contributed by atoms with Crippen molar-refractivity contribution < 1.29 is 9.53 Å². The van der Waals surface area contributed by atoms with E-state index in [9.17, 15) is 4.79 Å². The van der Waals surface area contributed by atoms with E-state index in [0.29, 0.717) is 33.7 Å². The van der Waals surface area contributed by atoms with Crippen LogP contribution in [0.1, 0.15) is 64.2 Å². The Labute approximate surface area is 190 Å². The first kappa shape index (κ1) is 22.2. The zero-order valence-corrected chi connectivity index (χ0v) is 19.3. The second-order valence-electron chi connectivity index (χ2n) is 9.35. The number of hydrogen-bond donors (Lipinski definition) is 1. The van der Waals surface area contributed by atoms with Crippen molar-refractivity contribution in [2.75, 3.05) is 19.6 Å². The average Bonchev–Trinajstić information content (AvgIpc) is 2.71. The molecular formula is C24H34Cl2N2O2.